The van der Waals surface area contributed by atoms with Crippen molar-refractivity contribution in [3.05, 3.63) is 35.6 Å². The van der Waals surface area contributed by atoms with E-state index in [4.69, 9.17) is 4.55 Å². The van der Waals surface area contributed by atoms with E-state index in [1.807, 2.05) is 0 Å². The number of ether oxygens (including phenoxy) is 1. The highest BCUT2D eigenvalue weighted by Gasteiger charge is 2.37. The number of allylic oxidation sites excluding steroid dienone is 2. The predicted octanol–water partition coefficient (Wildman–Crippen LogP) is 3.17. The Labute approximate surface area is 108 Å². The zero-order valence-electron chi connectivity index (χ0n) is 10.0. The highest BCUT2D eigenvalue weighted by molar-refractivity contribution is 7.85. The van der Waals surface area contributed by atoms with Crippen molar-refractivity contribution in [2.45, 2.75) is 24.9 Å². The lowest BCUT2D eigenvalue weighted by Gasteiger charge is -2.15. The molecular weight excluding hydrogens is 285 g/mol. The van der Waals surface area contributed by atoms with Crippen LogP contribution in [0.3, 0.4) is 0 Å². The molecule has 0 radical (unpaired) electrons. The van der Waals surface area contributed by atoms with Gasteiger partial charge in [0.15, 0.2) is 0 Å². The molecule has 0 saturated carbocycles. The fraction of sp³-hybridized carbons (Fsp3) is 0.273. The molecule has 0 aliphatic carbocycles. The van der Waals surface area contributed by atoms with Gasteiger partial charge in [0.1, 0.15) is 5.75 Å². The Morgan fingerprint density at radius 1 is 1.16 bits per heavy atom. The summed E-state index contributed by atoms with van der Waals surface area (Å²) in [5.74, 6) is -1.34. The molecule has 0 atom stereocenters. The number of benzene rings is 1. The third kappa shape index (κ3) is 4.25. The van der Waals surface area contributed by atoms with Gasteiger partial charge in [0.05, 0.1) is 4.90 Å². The van der Waals surface area contributed by atoms with Crippen LogP contribution in [-0.2, 0) is 10.1 Å². The van der Waals surface area contributed by atoms with Gasteiger partial charge in [-0.3, -0.25) is 4.55 Å². The van der Waals surface area contributed by atoms with Crippen LogP contribution in [0.1, 0.15) is 13.8 Å². The lowest BCUT2D eigenvalue weighted by atomic mass is 10.3. The van der Waals surface area contributed by atoms with Crippen LogP contribution in [0.25, 0.3) is 0 Å². The van der Waals surface area contributed by atoms with Crippen molar-refractivity contribution in [3.63, 3.8) is 0 Å². The highest BCUT2D eigenvalue weighted by Crippen LogP contribution is 2.31. The maximum atomic E-state index is 12.6. The van der Waals surface area contributed by atoms with E-state index in [9.17, 15) is 21.6 Å². The Morgan fingerprint density at radius 2 is 1.63 bits per heavy atom. The fourth-order valence-corrected chi connectivity index (χ4v) is 1.72. The van der Waals surface area contributed by atoms with Crippen molar-refractivity contribution >= 4 is 10.1 Å². The maximum Gasteiger partial charge on any atom is 0.449 e. The van der Waals surface area contributed by atoms with Crippen LogP contribution in [0, 0.1) is 0 Å². The van der Waals surface area contributed by atoms with Crippen molar-refractivity contribution in [1.29, 1.82) is 0 Å². The standard InChI is InChI=1S/C11H11F3O4S/c1-7(2)10(11(12,13)14)18-8-3-5-9(6-4-8)19(15,16)17/h3-6H,1-2H3,(H,15,16,17). The van der Waals surface area contributed by atoms with E-state index in [0.29, 0.717) is 0 Å². The molecule has 19 heavy (non-hydrogen) atoms. The van der Waals surface area contributed by atoms with Crippen molar-refractivity contribution in [2.75, 3.05) is 0 Å². The van der Waals surface area contributed by atoms with E-state index < -0.39 is 26.9 Å². The third-order valence-corrected chi connectivity index (χ3v) is 2.92. The lowest BCUT2D eigenvalue weighted by molar-refractivity contribution is -0.117. The summed E-state index contributed by atoms with van der Waals surface area (Å²) >= 11 is 0. The summed E-state index contributed by atoms with van der Waals surface area (Å²) in [5, 5.41) is 0. The normalized spacial score (nSPS) is 12.1. The molecule has 0 heterocycles. The quantitative estimate of drug-likeness (QED) is 0.687. The third-order valence-electron chi connectivity index (χ3n) is 2.05. The second-order valence-electron chi connectivity index (χ2n) is 3.88. The molecule has 1 aromatic rings. The minimum Gasteiger partial charge on any atom is -0.452 e. The van der Waals surface area contributed by atoms with Crippen LogP contribution in [0.2, 0.25) is 0 Å². The molecule has 0 aliphatic heterocycles. The summed E-state index contributed by atoms with van der Waals surface area (Å²) < 4.78 is 72.7. The van der Waals surface area contributed by atoms with Gasteiger partial charge in [-0.05, 0) is 43.7 Å². The van der Waals surface area contributed by atoms with E-state index in [-0.39, 0.29) is 11.3 Å². The van der Waals surface area contributed by atoms with Crippen LogP contribution >= 0.6 is 0 Å². The molecule has 1 aromatic carbocycles. The first-order valence-electron chi connectivity index (χ1n) is 5.02. The molecule has 0 bridgehead atoms. The summed E-state index contributed by atoms with van der Waals surface area (Å²) in [6, 6.07) is 3.95. The molecule has 1 N–H and O–H groups in total. The smallest absolute Gasteiger partial charge is 0.449 e. The van der Waals surface area contributed by atoms with E-state index >= 15 is 0 Å². The minimum absolute atomic E-state index is 0.0636. The largest absolute Gasteiger partial charge is 0.452 e. The number of hydrogen-bond acceptors (Lipinski definition) is 3. The number of hydrogen-bond donors (Lipinski definition) is 1. The van der Waals surface area contributed by atoms with Crippen molar-refractivity contribution < 1.29 is 30.9 Å². The van der Waals surface area contributed by atoms with Crippen molar-refractivity contribution in [3.8, 4) is 5.75 Å². The monoisotopic (exact) mass is 296 g/mol. The van der Waals surface area contributed by atoms with E-state index in [1.54, 1.807) is 0 Å². The second kappa shape index (κ2) is 5.22. The Bertz CT molecular complexity index is 581. The summed E-state index contributed by atoms with van der Waals surface area (Å²) in [6.45, 7) is 2.49. The average Bonchev–Trinajstić information content (AvgIpc) is 2.23. The SMILES string of the molecule is CC(C)=C(Oc1ccc(S(=O)(=O)O)cc1)C(F)(F)F. The van der Waals surface area contributed by atoms with Gasteiger partial charge in [0, 0.05) is 0 Å². The van der Waals surface area contributed by atoms with Gasteiger partial charge in [-0.25, -0.2) is 0 Å². The van der Waals surface area contributed by atoms with E-state index in [0.717, 1.165) is 24.3 Å². The summed E-state index contributed by atoms with van der Waals surface area (Å²) in [4.78, 5) is -0.425. The maximum absolute atomic E-state index is 12.6. The molecule has 0 unspecified atom stereocenters. The molecule has 4 nitrogen and oxygen atoms in total. The topological polar surface area (TPSA) is 63.6 Å². The average molecular weight is 296 g/mol. The fourth-order valence-electron chi connectivity index (χ4n) is 1.24. The van der Waals surface area contributed by atoms with Gasteiger partial charge in [0.2, 0.25) is 5.76 Å². The Balaban J connectivity index is 3.05. The van der Waals surface area contributed by atoms with Gasteiger partial charge >= 0.3 is 6.18 Å². The first-order valence-corrected chi connectivity index (χ1v) is 6.46. The number of rotatable bonds is 3. The summed E-state index contributed by atoms with van der Waals surface area (Å²) in [5.41, 5.74) is -0.0636. The van der Waals surface area contributed by atoms with Gasteiger partial charge in [-0.15, -0.1) is 0 Å². The molecule has 0 saturated heterocycles. The highest BCUT2D eigenvalue weighted by atomic mass is 32.2. The minimum atomic E-state index is -4.64. The molecule has 0 aromatic heterocycles. The molecule has 0 aliphatic rings. The number of halogens is 3. The predicted molar refractivity (Wildman–Crippen MR) is 61.3 cm³/mol. The number of alkyl halides is 3. The van der Waals surface area contributed by atoms with Crippen LogP contribution in [0.4, 0.5) is 13.2 Å². The molecule has 0 amide bonds. The van der Waals surface area contributed by atoms with Crippen molar-refractivity contribution in [1.82, 2.24) is 0 Å². The Kier molecular flexibility index (Phi) is 4.26. The molecule has 106 valence electrons. The first kappa shape index (κ1) is 15.5. The zero-order chi connectivity index (χ0) is 14.8. The van der Waals surface area contributed by atoms with Crippen molar-refractivity contribution in [2.24, 2.45) is 0 Å². The molecule has 1 rings (SSSR count). The van der Waals surface area contributed by atoms with E-state index in [1.165, 1.54) is 13.8 Å². The second-order valence-corrected chi connectivity index (χ2v) is 5.30. The Hall–Kier alpha value is -1.54. The van der Waals surface area contributed by atoms with Crippen LogP contribution < -0.4 is 4.74 Å². The Morgan fingerprint density at radius 3 is 1.95 bits per heavy atom. The lowest BCUT2D eigenvalue weighted by Crippen LogP contribution is -2.18. The van der Waals surface area contributed by atoms with Gasteiger partial charge in [-0.1, -0.05) is 0 Å². The summed E-state index contributed by atoms with van der Waals surface area (Å²) in [6.07, 6.45) is -4.64. The van der Waals surface area contributed by atoms with E-state index in [2.05, 4.69) is 4.74 Å². The molecule has 0 fully saturated rings. The van der Waals surface area contributed by atoms with Crippen LogP contribution in [0.15, 0.2) is 40.5 Å². The van der Waals surface area contributed by atoms with Crippen LogP contribution in [0.5, 0.6) is 5.75 Å². The van der Waals surface area contributed by atoms with Gasteiger partial charge in [-0.2, -0.15) is 21.6 Å². The molecular formula is C11H11F3O4S. The van der Waals surface area contributed by atoms with Gasteiger partial charge < -0.3 is 4.74 Å². The molecule has 8 heteroatoms. The van der Waals surface area contributed by atoms with Crippen LogP contribution in [-0.4, -0.2) is 19.1 Å². The first-order chi connectivity index (χ1) is 8.51. The zero-order valence-corrected chi connectivity index (χ0v) is 10.8. The summed E-state index contributed by atoms with van der Waals surface area (Å²) in [7, 11) is -4.38. The molecule has 0 spiro atoms. The van der Waals surface area contributed by atoms with Gasteiger partial charge in [0.25, 0.3) is 10.1 Å².